The minimum Gasteiger partial charge on any atom is -0.461 e. The second-order valence-corrected chi connectivity index (χ2v) is 12.6. The van der Waals surface area contributed by atoms with Crippen molar-refractivity contribution in [2.75, 3.05) is 56.6 Å². The van der Waals surface area contributed by atoms with Gasteiger partial charge in [-0.05, 0) is 61.9 Å². The number of hydrogen-bond donors (Lipinski definition) is 1. The summed E-state index contributed by atoms with van der Waals surface area (Å²) in [6.45, 7) is 4.62. The van der Waals surface area contributed by atoms with Gasteiger partial charge in [0.15, 0.2) is 0 Å². The number of aromatic nitrogens is 2. The number of nitrogen functional groups attached to an aromatic ring is 1. The Labute approximate surface area is 240 Å². The summed E-state index contributed by atoms with van der Waals surface area (Å²) < 4.78 is 33.5. The molecular formula is C31H39FN6O3. The Balaban J connectivity index is 1.25. The van der Waals surface area contributed by atoms with Crippen molar-refractivity contribution >= 4 is 11.5 Å². The molecule has 10 heteroatoms. The van der Waals surface area contributed by atoms with Crippen LogP contribution in [0.4, 0.5) is 15.9 Å². The monoisotopic (exact) mass is 562 g/mol. The Bertz CT molecular complexity index is 1350. The summed E-state index contributed by atoms with van der Waals surface area (Å²) in [7, 11) is 0. The molecule has 3 fully saturated rings. The summed E-state index contributed by atoms with van der Waals surface area (Å²) in [5.74, 6) is 0.889. The van der Waals surface area contributed by atoms with Crippen LogP contribution in [0.25, 0.3) is 0 Å². The number of ether oxygens (including phenoxy) is 3. The largest absolute Gasteiger partial charge is 0.461 e. The first kappa shape index (κ1) is 26.9. The Morgan fingerprint density at radius 1 is 1.20 bits per heavy atom. The number of fused-ring (bicyclic) bond motifs is 4. The molecule has 2 N–H and O–H groups in total. The van der Waals surface area contributed by atoms with Crippen molar-refractivity contribution in [3.63, 3.8) is 0 Å². The summed E-state index contributed by atoms with van der Waals surface area (Å²) in [5.41, 5.74) is 10.6. The second-order valence-electron chi connectivity index (χ2n) is 12.6. The predicted octanol–water partition coefficient (Wildman–Crippen LogP) is 3.68. The first-order valence-electron chi connectivity index (χ1n) is 15.1. The SMILES string of the molecule is N#CCC1COCCN(c2nc(OCC34CCCN3CC(F)C4)nc3c2COC2(CCCc4ccc(N)cc42)C3)C1. The van der Waals surface area contributed by atoms with Crippen molar-refractivity contribution in [2.24, 2.45) is 5.92 Å². The van der Waals surface area contributed by atoms with E-state index in [0.717, 1.165) is 67.0 Å². The quantitative estimate of drug-likeness (QED) is 0.546. The third-order valence-corrected chi connectivity index (χ3v) is 9.90. The van der Waals surface area contributed by atoms with Gasteiger partial charge in [0.25, 0.3) is 0 Å². The predicted molar refractivity (Wildman–Crippen MR) is 151 cm³/mol. The molecule has 5 heterocycles. The minimum absolute atomic E-state index is 0.0902. The Hall–Kier alpha value is -3.00. The molecule has 5 aliphatic rings. The fraction of sp³-hybridized carbons (Fsp3) is 0.645. The van der Waals surface area contributed by atoms with Crippen molar-refractivity contribution in [1.82, 2.24) is 14.9 Å². The van der Waals surface area contributed by atoms with Crippen LogP contribution >= 0.6 is 0 Å². The number of alkyl halides is 1. The van der Waals surface area contributed by atoms with Gasteiger partial charge in [-0.2, -0.15) is 15.2 Å². The summed E-state index contributed by atoms with van der Waals surface area (Å²) in [6, 6.07) is 8.81. The molecule has 0 bridgehead atoms. The van der Waals surface area contributed by atoms with Crippen molar-refractivity contribution < 1.29 is 18.6 Å². The van der Waals surface area contributed by atoms with Crippen LogP contribution in [-0.2, 0) is 34.5 Å². The molecule has 1 aromatic heterocycles. The molecule has 0 amide bonds. The van der Waals surface area contributed by atoms with E-state index < -0.39 is 11.8 Å². The summed E-state index contributed by atoms with van der Waals surface area (Å²) in [5, 5.41) is 9.38. The van der Waals surface area contributed by atoms with Crippen molar-refractivity contribution in [1.29, 1.82) is 5.26 Å². The van der Waals surface area contributed by atoms with Gasteiger partial charge in [-0.3, -0.25) is 4.90 Å². The molecule has 218 valence electrons. The lowest BCUT2D eigenvalue weighted by atomic mass is 9.74. The molecule has 4 unspecified atom stereocenters. The van der Waals surface area contributed by atoms with Gasteiger partial charge >= 0.3 is 6.01 Å². The Kier molecular flexibility index (Phi) is 7.00. The van der Waals surface area contributed by atoms with Gasteiger partial charge in [0.1, 0.15) is 18.6 Å². The van der Waals surface area contributed by atoms with Crippen LogP contribution in [0, 0.1) is 17.2 Å². The van der Waals surface area contributed by atoms with E-state index in [2.05, 4.69) is 28.0 Å². The molecule has 7 rings (SSSR count). The highest BCUT2D eigenvalue weighted by Crippen LogP contribution is 2.47. The molecule has 1 aromatic carbocycles. The second kappa shape index (κ2) is 10.7. The van der Waals surface area contributed by atoms with Gasteiger partial charge in [-0.1, -0.05) is 6.07 Å². The van der Waals surface area contributed by atoms with E-state index in [1.165, 1.54) is 5.56 Å². The number of hydrogen-bond acceptors (Lipinski definition) is 9. The maximum absolute atomic E-state index is 14.4. The summed E-state index contributed by atoms with van der Waals surface area (Å²) in [6.07, 6.45) is 5.66. The first-order chi connectivity index (χ1) is 20.0. The van der Waals surface area contributed by atoms with Gasteiger partial charge in [0.05, 0.1) is 42.7 Å². The highest BCUT2D eigenvalue weighted by molar-refractivity contribution is 5.54. The summed E-state index contributed by atoms with van der Waals surface area (Å²) >= 11 is 0. The topological polar surface area (TPSA) is 110 Å². The average Bonchev–Trinajstić information content (AvgIpc) is 3.38. The van der Waals surface area contributed by atoms with Crippen LogP contribution in [0.1, 0.15) is 60.9 Å². The Morgan fingerprint density at radius 3 is 3.02 bits per heavy atom. The molecule has 0 radical (unpaired) electrons. The van der Waals surface area contributed by atoms with Gasteiger partial charge in [-0.15, -0.1) is 0 Å². The van der Waals surface area contributed by atoms with Crippen molar-refractivity contribution in [3.8, 4) is 12.1 Å². The molecule has 9 nitrogen and oxygen atoms in total. The number of benzene rings is 1. The van der Waals surface area contributed by atoms with Crippen molar-refractivity contribution in [3.05, 3.63) is 40.6 Å². The number of anilines is 2. The number of aryl methyl sites for hydroxylation is 1. The molecule has 1 spiro atoms. The smallest absolute Gasteiger partial charge is 0.318 e. The number of nitriles is 1. The molecule has 0 saturated carbocycles. The van der Waals surface area contributed by atoms with E-state index in [0.29, 0.717) is 71.3 Å². The number of halogens is 1. The van der Waals surface area contributed by atoms with Gasteiger partial charge < -0.3 is 24.8 Å². The molecule has 41 heavy (non-hydrogen) atoms. The first-order valence-corrected chi connectivity index (χ1v) is 15.1. The van der Waals surface area contributed by atoms with E-state index in [1.54, 1.807) is 0 Å². The van der Waals surface area contributed by atoms with Gasteiger partial charge in [-0.25, -0.2) is 4.39 Å². The van der Waals surface area contributed by atoms with Crippen LogP contribution in [0.2, 0.25) is 0 Å². The summed E-state index contributed by atoms with van der Waals surface area (Å²) in [4.78, 5) is 14.5. The fourth-order valence-electron chi connectivity index (χ4n) is 7.89. The lowest BCUT2D eigenvalue weighted by Crippen LogP contribution is -2.44. The van der Waals surface area contributed by atoms with E-state index >= 15 is 0 Å². The average molecular weight is 563 g/mol. The van der Waals surface area contributed by atoms with Gasteiger partial charge in [0.2, 0.25) is 0 Å². The zero-order valence-electron chi connectivity index (χ0n) is 23.6. The van der Waals surface area contributed by atoms with Crippen LogP contribution < -0.4 is 15.4 Å². The third kappa shape index (κ3) is 4.92. The maximum atomic E-state index is 14.4. The molecule has 2 aromatic rings. The van der Waals surface area contributed by atoms with E-state index in [1.807, 2.05) is 6.07 Å². The maximum Gasteiger partial charge on any atom is 0.318 e. The molecular weight excluding hydrogens is 523 g/mol. The van der Waals surface area contributed by atoms with E-state index in [9.17, 15) is 9.65 Å². The van der Waals surface area contributed by atoms with Crippen LogP contribution in [0.15, 0.2) is 18.2 Å². The van der Waals surface area contributed by atoms with Crippen LogP contribution in [0.3, 0.4) is 0 Å². The highest BCUT2D eigenvalue weighted by atomic mass is 19.1. The van der Waals surface area contributed by atoms with Crippen LogP contribution in [-0.4, -0.2) is 72.6 Å². The molecule has 4 aliphatic heterocycles. The standard InChI is InChI=1S/C31H39FN6O3/c32-23-14-30(7-2-10-38(30)17-23)20-40-29-35-27-15-31(8-1-3-22-4-5-24(34)13-26(22)31)41-19-25(27)28(36-29)37-11-12-39-18-21(16-37)6-9-33/h4-5,13,21,23H,1-3,6-8,10-12,14-20,34H2. The Morgan fingerprint density at radius 2 is 2.12 bits per heavy atom. The minimum atomic E-state index is -0.816. The zero-order chi connectivity index (χ0) is 28.0. The lowest BCUT2D eigenvalue weighted by Gasteiger charge is -2.43. The normalized spacial score (nSPS) is 31.3. The third-order valence-electron chi connectivity index (χ3n) is 9.90. The van der Waals surface area contributed by atoms with Crippen molar-refractivity contribution in [2.45, 2.75) is 75.3 Å². The highest BCUT2D eigenvalue weighted by Gasteiger charge is 2.50. The fourth-order valence-corrected chi connectivity index (χ4v) is 7.89. The van der Waals surface area contributed by atoms with E-state index in [-0.39, 0.29) is 11.5 Å². The van der Waals surface area contributed by atoms with Crippen LogP contribution in [0.5, 0.6) is 6.01 Å². The molecule has 3 saturated heterocycles. The number of rotatable bonds is 5. The number of nitrogens with two attached hydrogens (primary N) is 1. The zero-order valence-corrected chi connectivity index (χ0v) is 23.6. The molecule has 1 aliphatic carbocycles. The van der Waals surface area contributed by atoms with E-state index in [4.69, 9.17) is 29.9 Å². The number of nitrogens with zero attached hydrogens (tertiary/aromatic N) is 5. The lowest BCUT2D eigenvalue weighted by molar-refractivity contribution is -0.0855. The van der Waals surface area contributed by atoms with Gasteiger partial charge in [0, 0.05) is 56.1 Å². The molecule has 4 atom stereocenters.